The van der Waals surface area contributed by atoms with E-state index in [1.165, 1.54) is 5.69 Å². The van der Waals surface area contributed by atoms with Crippen LogP contribution < -0.4 is 0 Å². The van der Waals surface area contributed by atoms with Crippen LogP contribution in [0.25, 0.3) is 22.5 Å². The van der Waals surface area contributed by atoms with E-state index >= 15 is 0 Å². The number of ether oxygens (including phenoxy) is 2. The van der Waals surface area contributed by atoms with Gasteiger partial charge < -0.3 is 14.5 Å². The van der Waals surface area contributed by atoms with Gasteiger partial charge in [-0.2, -0.15) is 5.10 Å². The van der Waals surface area contributed by atoms with E-state index in [4.69, 9.17) is 14.5 Å². The molecular weight excluding hydrogens is 424 g/mol. The first kappa shape index (κ1) is 22.6. The number of imidazole rings is 1. The monoisotopic (exact) mass is 456 g/mol. The molecule has 1 N–H and O–H groups in total. The molecule has 2 aromatic carbocycles. The molecule has 0 unspecified atom stereocenters. The fourth-order valence-corrected chi connectivity index (χ4v) is 4.59. The Hall–Kier alpha value is -3.22. The Labute approximate surface area is 201 Å². The summed E-state index contributed by atoms with van der Waals surface area (Å²) in [6.07, 6.45) is 2.87. The molecule has 1 aliphatic heterocycles. The molecule has 0 aliphatic carbocycles. The van der Waals surface area contributed by atoms with Crippen LogP contribution in [0.2, 0.25) is 0 Å². The van der Waals surface area contributed by atoms with Crippen molar-refractivity contribution in [1.29, 1.82) is 0 Å². The molecule has 0 atom stereocenters. The van der Waals surface area contributed by atoms with Crippen molar-refractivity contribution in [3.8, 4) is 22.5 Å². The molecule has 5 rings (SSSR count). The number of hydrogen-bond donors (Lipinski definition) is 1. The van der Waals surface area contributed by atoms with Crippen molar-refractivity contribution in [2.45, 2.75) is 45.9 Å². The van der Waals surface area contributed by atoms with Gasteiger partial charge in [-0.1, -0.05) is 67.1 Å². The minimum absolute atomic E-state index is 0.411. The van der Waals surface area contributed by atoms with Crippen LogP contribution in [0.4, 0.5) is 0 Å². The van der Waals surface area contributed by atoms with Crippen LogP contribution in [0.3, 0.4) is 0 Å². The molecule has 0 saturated carbocycles. The second-order valence-corrected chi connectivity index (χ2v) is 9.09. The Morgan fingerprint density at radius 2 is 1.59 bits per heavy atom. The highest BCUT2D eigenvalue weighted by Crippen LogP contribution is 2.34. The van der Waals surface area contributed by atoms with E-state index in [9.17, 15) is 0 Å². The third kappa shape index (κ3) is 5.13. The minimum atomic E-state index is -0.467. The van der Waals surface area contributed by atoms with Crippen molar-refractivity contribution in [3.05, 3.63) is 83.9 Å². The number of benzene rings is 2. The molecular formula is C28H32N4O2. The summed E-state index contributed by atoms with van der Waals surface area (Å²) in [7, 11) is 0. The van der Waals surface area contributed by atoms with Crippen LogP contribution in [-0.4, -0.2) is 33.0 Å². The molecule has 1 fully saturated rings. The van der Waals surface area contributed by atoms with Gasteiger partial charge in [0.1, 0.15) is 0 Å². The maximum absolute atomic E-state index is 6.12. The number of unbranched alkanes of at least 4 members (excludes halogenated alkanes) is 1. The normalized spacial score (nSPS) is 18.3. The van der Waals surface area contributed by atoms with Crippen molar-refractivity contribution < 1.29 is 9.47 Å². The fourth-order valence-electron chi connectivity index (χ4n) is 4.59. The van der Waals surface area contributed by atoms with E-state index < -0.39 is 6.29 Å². The first-order valence-corrected chi connectivity index (χ1v) is 12.1. The number of hydrogen-bond acceptors (Lipinski definition) is 4. The van der Waals surface area contributed by atoms with Gasteiger partial charge >= 0.3 is 0 Å². The van der Waals surface area contributed by atoms with Crippen molar-refractivity contribution in [1.82, 2.24) is 19.7 Å². The summed E-state index contributed by atoms with van der Waals surface area (Å²) >= 11 is 0. The predicted octanol–water partition coefficient (Wildman–Crippen LogP) is 6.09. The minimum Gasteiger partial charge on any atom is -0.346 e. The topological polar surface area (TPSA) is 65.0 Å². The Balaban J connectivity index is 1.20. The van der Waals surface area contributed by atoms with Gasteiger partial charge in [0.05, 0.1) is 30.3 Å². The highest BCUT2D eigenvalue weighted by atomic mass is 16.7. The molecule has 0 amide bonds. The standard InChI is InChI=1S/C28H32N4O2/c1-20-17-21(2)32(31-20)16-10-9-11-22-18-33-28(34-19-22)27-29-25(23-12-5-3-6-13-23)26(30-27)24-14-7-4-8-15-24/h3-8,12-15,17,22,28H,9-11,16,18-19H2,1-2H3,(H,29,30). The van der Waals surface area contributed by atoms with E-state index in [1.54, 1.807) is 0 Å². The van der Waals surface area contributed by atoms with E-state index in [-0.39, 0.29) is 0 Å². The molecule has 1 saturated heterocycles. The number of H-pyrrole nitrogens is 1. The van der Waals surface area contributed by atoms with Crippen LogP contribution in [-0.2, 0) is 16.0 Å². The summed E-state index contributed by atoms with van der Waals surface area (Å²) in [6.45, 7) is 6.50. The van der Waals surface area contributed by atoms with Crippen molar-refractivity contribution in [3.63, 3.8) is 0 Å². The van der Waals surface area contributed by atoms with Crippen molar-refractivity contribution in [2.24, 2.45) is 5.92 Å². The summed E-state index contributed by atoms with van der Waals surface area (Å²) in [5.74, 6) is 1.13. The molecule has 0 radical (unpaired) electrons. The number of nitrogens with zero attached hydrogens (tertiary/aromatic N) is 3. The lowest BCUT2D eigenvalue weighted by atomic mass is 10.0. The second kappa shape index (κ2) is 10.4. The molecule has 0 bridgehead atoms. The molecule has 34 heavy (non-hydrogen) atoms. The van der Waals surface area contributed by atoms with Crippen molar-refractivity contribution >= 4 is 0 Å². The molecule has 4 aromatic rings. The van der Waals surface area contributed by atoms with E-state index in [1.807, 2.05) is 43.3 Å². The Bertz CT molecular complexity index is 1130. The van der Waals surface area contributed by atoms with E-state index in [0.29, 0.717) is 19.1 Å². The second-order valence-electron chi connectivity index (χ2n) is 9.09. The zero-order valence-corrected chi connectivity index (χ0v) is 19.9. The lowest BCUT2D eigenvalue weighted by Crippen LogP contribution is -2.27. The van der Waals surface area contributed by atoms with Gasteiger partial charge in [0.25, 0.3) is 0 Å². The van der Waals surface area contributed by atoms with E-state index in [2.05, 4.69) is 52.0 Å². The van der Waals surface area contributed by atoms with Crippen LogP contribution in [0, 0.1) is 19.8 Å². The number of aromatic amines is 1. The summed E-state index contributed by atoms with van der Waals surface area (Å²) in [6, 6.07) is 22.7. The SMILES string of the molecule is Cc1cc(C)n(CCCCC2COC(c3nc(-c4ccccc4)c(-c4ccccc4)[nH]3)OC2)n1. The lowest BCUT2D eigenvalue weighted by Gasteiger charge is -2.28. The quantitative estimate of drug-likeness (QED) is 0.326. The highest BCUT2D eigenvalue weighted by molar-refractivity contribution is 5.78. The number of nitrogens with one attached hydrogen (secondary N) is 1. The van der Waals surface area contributed by atoms with Gasteiger partial charge in [0.2, 0.25) is 6.29 Å². The van der Waals surface area contributed by atoms with Gasteiger partial charge in [0, 0.05) is 29.3 Å². The maximum Gasteiger partial charge on any atom is 0.217 e. The molecule has 3 heterocycles. The van der Waals surface area contributed by atoms with Crippen LogP contribution >= 0.6 is 0 Å². The third-order valence-electron chi connectivity index (χ3n) is 6.36. The smallest absolute Gasteiger partial charge is 0.217 e. The van der Waals surface area contributed by atoms with Crippen LogP contribution in [0.15, 0.2) is 66.7 Å². The van der Waals surface area contributed by atoms with Crippen LogP contribution in [0.5, 0.6) is 0 Å². The first-order chi connectivity index (χ1) is 16.7. The van der Waals surface area contributed by atoms with Gasteiger partial charge in [-0.05, 0) is 32.8 Å². The number of aromatic nitrogens is 4. The largest absolute Gasteiger partial charge is 0.346 e. The lowest BCUT2D eigenvalue weighted by molar-refractivity contribution is -0.209. The molecule has 2 aromatic heterocycles. The summed E-state index contributed by atoms with van der Waals surface area (Å²) in [5, 5.41) is 4.55. The molecule has 0 spiro atoms. The fraction of sp³-hybridized carbons (Fsp3) is 0.357. The molecule has 6 heteroatoms. The Kier molecular flexibility index (Phi) is 6.88. The van der Waals surface area contributed by atoms with Gasteiger partial charge in [-0.25, -0.2) is 4.98 Å². The molecule has 6 nitrogen and oxygen atoms in total. The number of aryl methyl sites for hydroxylation is 3. The van der Waals surface area contributed by atoms with Gasteiger partial charge in [0.15, 0.2) is 5.82 Å². The van der Waals surface area contributed by atoms with Gasteiger partial charge in [-0.15, -0.1) is 0 Å². The summed E-state index contributed by atoms with van der Waals surface area (Å²) in [5.41, 5.74) is 6.38. The Morgan fingerprint density at radius 1 is 0.912 bits per heavy atom. The van der Waals surface area contributed by atoms with Crippen LogP contribution in [0.1, 0.15) is 42.8 Å². The number of rotatable bonds is 8. The van der Waals surface area contributed by atoms with Gasteiger partial charge in [-0.3, -0.25) is 4.68 Å². The average molecular weight is 457 g/mol. The maximum atomic E-state index is 6.12. The summed E-state index contributed by atoms with van der Waals surface area (Å²) in [4.78, 5) is 8.40. The van der Waals surface area contributed by atoms with E-state index in [0.717, 1.165) is 59.8 Å². The Morgan fingerprint density at radius 3 is 2.24 bits per heavy atom. The zero-order valence-electron chi connectivity index (χ0n) is 19.9. The zero-order chi connectivity index (χ0) is 23.3. The first-order valence-electron chi connectivity index (χ1n) is 12.1. The third-order valence-corrected chi connectivity index (χ3v) is 6.36. The van der Waals surface area contributed by atoms with Crippen molar-refractivity contribution in [2.75, 3.05) is 13.2 Å². The average Bonchev–Trinajstić information content (AvgIpc) is 3.46. The highest BCUT2D eigenvalue weighted by Gasteiger charge is 2.27. The molecule has 1 aliphatic rings. The molecule has 176 valence electrons. The predicted molar refractivity (Wildman–Crippen MR) is 133 cm³/mol. The summed E-state index contributed by atoms with van der Waals surface area (Å²) < 4.78 is 14.3.